The second-order valence-corrected chi connectivity index (χ2v) is 7.31. The molecule has 0 aliphatic carbocycles. The Labute approximate surface area is 115 Å². The van der Waals surface area contributed by atoms with Gasteiger partial charge in [-0.05, 0) is 31.0 Å². The Balaban J connectivity index is 2.06. The van der Waals surface area contributed by atoms with E-state index in [1.54, 1.807) is 6.07 Å². The Morgan fingerprint density at radius 1 is 1.35 bits per heavy atom. The van der Waals surface area contributed by atoms with E-state index in [0.717, 1.165) is 6.42 Å². The Bertz CT molecular complexity index is 779. The maximum absolute atomic E-state index is 12.1. The van der Waals surface area contributed by atoms with Gasteiger partial charge >= 0.3 is 5.97 Å². The van der Waals surface area contributed by atoms with Crippen molar-refractivity contribution in [1.29, 1.82) is 0 Å². The summed E-state index contributed by atoms with van der Waals surface area (Å²) in [6.07, 6.45) is 2.12. The van der Waals surface area contributed by atoms with Crippen LogP contribution in [0.15, 0.2) is 18.2 Å². The summed E-state index contributed by atoms with van der Waals surface area (Å²) in [7, 11) is -3.16. The van der Waals surface area contributed by atoms with Gasteiger partial charge in [-0.1, -0.05) is 6.42 Å². The van der Waals surface area contributed by atoms with Crippen molar-refractivity contribution in [2.45, 2.75) is 24.5 Å². The molecule has 2 aromatic rings. The number of benzene rings is 1. The summed E-state index contributed by atoms with van der Waals surface area (Å²) >= 11 is 0. The molecule has 1 aliphatic rings. The van der Waals surface area contributed by atoms with Crippen LogP contribution in [0.2, 0.25) is 0 Å². The van der Waals surface area contributed by atoms with Crippen LogP contribution in [0.25, 0.3) is 11.0 Å². The van der Waals surface area contributed by atoms with Crippen LogP contribution in [0.5, 0.6) is 0 Å². The number of aromatic nitrogens is 2. The summed E-state index contributed by atoms with van der Waals surface area (Å²) in [5.74, 6) is -0.412. The van der Waals surface area contributed by atoms with Crippen LogP contribution in [0.4, 0.5) is 0 Å². The number of fused-ring (bicyclic) bond motifs is 1. The van der Waals surface area contributed by atoms with Crippen LogP contribution in [-0.2, 0) is 9.84 Å². The van der Waals surface area contributed by atoms with Crippen molar-refractivity contribution in [3.05, 3.63) is 29.6 Å². The van der Waals surface area contributed by atoms with E-state index < -0.39 is 21.1 Å². The van der Waals surface area contributed by atoms with Crippen molar-refractivity contribution in [2.75, 3.05) is 5.75 Å². The third-order valence-corrected chi connectivity index (χ3v) is 5.81. The van der Waals surface area contributed by atoms with Gasteiger partial charge in [0.2, 0.25) is 0 Å². The fourth-order valence-corrected chi connectivity index (χ4v) is 4.45. The summed E-state index contributed by atoms with van der Waals surface area (Å²) in [6, 6.07) is 4.53. The molecule has 0 radical (unpaired) electrons. The molecule has 1 unspecified atom stereocenters. The third kappa shape index (κ3) is 2.18. The minimum absolute atomic E-state index is 0.152. The zero-order chi connectivity index (χ0) is 14.3. The van der Waals surface area contributed by atoms with Crippen molar-refractivity contribution in [3.63, 3.8) is 0 Å². The molecule has 0 bridgehead atoms. The first-order chi connectivity index (χ1) is 9.47. The number of aromatic carboxylic acids is 1. The minimum atomic E-state index is -3.16. The van der Waals surface area contributed by atoms with E-state index in [-0.39, 0.29) is 11.3 Å². The molecule has 1 saturated heterocycles. The number of carboxylic acids is 1. The molecular formula is C13H14N2O4S. The molecule has 1 aromatic carbocycles. The summed E-state index contributed by atoms with van der Waals surface area (Å²) in [5, 5.41) is 8.35. The molecule has 0 amide bonds. The van der Waals surface area contributed by atoms with E-state index in [2.05, 4.69) is 9.97 Å². The number of aromatic amines is 1. The Morgan fingerprint density at radius 2 is 2.15 bits per heavy atom. The lowest BCUT2D eigenvalue weighted by molar-refractivity contribution is 0.0697. The average molecular weight is 294 g/mol. The summed E-state index contributed by atoms with van der Waals surface area (Å²) in [4.78, 5) is 18.2. The lowest BCUT2D eigenvalue weighted by Gasteiger charge is -2.20. The lowest BCUT2D eigenvalue weighted by Crippen LogP contribution is -2.22. The number of nitrogens with one attached hydrogen (secondary N) is 1. The number of nitrogens with zero attached hydrogens (tertiary/aromatic N) is 1. The van der Waals surface area contributed by atoms with E-state index >= 15 is 0 Å². The lowest BCUT2D eigenvalue weighted by atomic mass is 10.2. The fourth-order valence-electron chi connectivity index (χ4n) is 2.58. The topological polar surface area (TPSA) is 100 Å². The Morgan fingerprint density at radius 3 is 2.85 bits per heavy atom. The average Bonchev–Trinajstić information content (AvgIpc) is 2.80. The predicted molar refractivity (Wildman–Crippen MR) is 73.4 cm³/mol. The number of sulfone groups is 1. The summed E-state index contributed by atoms with van der Waals surface area (Å²) in [5.41, 5.74) is 1.30. The molecular weight excluding hydrogens is 280 g/mol. The zero-order valence-corrected chi connectivity index (χ0v) is 11.5. The number of imidazole rings is 1. The van der Waals surface area contributed by atoms with Gasteiger partial charge < -0.3 is 10.1 Å². The van der Waals surface area contributed by atoms with Gasteiger partial charge in [-0.3, -0.25) is 0 Å². The number of hydrogen-bond donors (Lipinski definition) is 2. The van der Waals surface area contributed by atoms with Crippen molar-refractivity contribution in [2.24, 2.45) is 0 Å². The molecule has 6 nitrogen and oxygen atoms in total. The fraction of sp³-hybridized carbons (Fsp3) is 0.385. The van der Waals surface area contributed by atoms with E-state index in [9.17, 15) is 13.2 Å². The van der Waals surface area contributed by atoms with E-state index in [1.807, 2.05) is 0 Å². The highest BCUT2D eigenvalue weighted by Gasteiger charge is 2.32. The SMILES string of the molecule is O=C(O)c1ccc2nc(C3CCCCS3(=O)=O)[nH]c2c1. The molecule has 7 heteroatoms. The van der Waals surface area contributed by atoms with Gasteiger partial charge in [0.05, 0.1) is 22.3 Å². The van der Waals surface area contributed by atoms with Crippen molar-refractivity contribution in [1.82, 2.24) is 9.97 Å². The Hall–Kier alpha value is -1.89. The van der Waals surface area contributed by atoms with E-state index in [0.29, 0.717) is 29.7 Å². The van der Waals surface area contributed by atoms with Crippen LogP contribution in [-0.4, -0.2) is 35.2 Å². The van der Waals surface area contributed by atoms with Gasteiger partial charge in [-0.15, -0.1) is 0 Å². The van der Waals surface area contributed by atoms with Crippen LogP contribution >= 0.6 is 0 Å². The molecule has 20 heavy (non-hydrogen) atoms. The molecule has 1 aliphatic heterocycles. The number of H-pyrrole nitrogens is 1. The second-order valence-electron chi connectivity index (χ2n) is 5.01. The number of rotatable bonds is 2. The van der Waals surface area contributed by atoms with Crippen molar-refractivity contribution in [3.8, 4) is 0 Å². The molecule has 1 aromatic heterocycles. The first kappa shape index (κ1) is 13.1. The molecule has 0 saturated carbocycles. The summed E-state index contributed by atoms with van der Waals surface area (Å²) in [6.45, 7) is 0. The predicted octanol–water partition coefficient (Wildman–Crippen LogP) is 1.90. The van der Waals surface area contributed by atoms with Crippen molar-refractivity contribution < 1.29 is 18.3 Å². The smallest absolute Gasteiger partial charge is 0.335 e. The maximum Gasteiger partial charge on any atom is 0.335 e. The standard InChI is InChI=1S/C13H14N2O4S/c16-13(17)8-4-5-9-10(7-8)15-12(14-9)11-3-1-2-6-20(11,18)19/h4-5,7,11H,1-3,6H2,(H,14,15)(H,16,17). The number of hydrogen-bond acceptors (Lipinski definition) is 4. The molecule has 3 rings (SSSR count). The van der Waals surface area contributed by atoms with Gasteiger partial charge in [0.25, 0.3) is 0 Å². The summed E-state index contributed by atoms with van der Waals surface area (Å²) < 4.78 is 24.2. The van der Waals surface area contributed by atoms with E-state index in [1.165, 1.54) is 12.1 Å². The van der Waals surface area contributed by atoms with Crippen molar-refractivity contribution >= 4 is 26.8 Å². The monoisotopic (exact) mass is 294 g/mol. The van der Waals surface area contributed by atoms with Crippen LogP contribution in [0, 0.1) is 0 Å². The van der Waals surface area contributed by atoms with Crippen LogP contribution in [0.1, 0.15) is 40.7 Å². The molecule has 106 valence electrons. The highest BCUT2D eigenvalue weighted by atomic mass is 32.2. The van der Waals surface area contributed by atoms with Crippen LogP contribution in [0.3, 0.4) is 0 Å². The second kappa shape index (κ2) is 4.59. The highest BCUT2D eigenvalue weighted by molar-refractivity contribution is 7.91. The highest BCUT2D eigenvalue weighted by Crippen LogP contribution is 2.32. The van der Waals surface area contributed by atoms with Gasteiger partial charge in [0.15, 0.2) is 9.84 Å². The zero-order valence-electron chi connectivity index (χ0n) is 10.7. The van der Waals surface area contributed by atoms with Crippen LogP contribution < -0.4 is 0 Å². The first-order valence-electron chi connectivity index (χ1n) is 6.42. The number of carboxylic acid groups (broad SMARTS) is 1. The van der Waals surface area contributed by atoms with Gasteiger partial charge in [-0.2, -0.15) is 0 Å². The molecule has 2 N–H and O–H groups in total. The normalized spacial score (nSPS) is 21.9. The van der Waals surface area contributed by atoms with Gasteiger partial charge in [0, 0.05) is 0 Å². The van der Waals surface area contributed by atoms with E-state index in [4.69, 9.17) is 5.11 Å². The molecule has 1 atom stereocenters. The molecule has 2 heterocycles. The largest absolute Gasteiger partial charge is 0.478 e. The minimum Gasteiger partial charge on any atom is -0.478 e. The quantitative estimate of drug-likeness (QED) is 0.881. The maximum atomic E-state index is 12.1. The third-order valence-electron chi connectivity index (χ3n) is 3.63. The number of carbonyl (C=O) groups is 1. The Kier molecular flexibility index (Phi) is 3.01. The molecule has 1 fully saturated rings. The molecule has 0 spiro atoms. The van der Waals surface area contributed by atoms with Gasteiger partial charge in [0.1, 0.15) is 11.1 Å². The van der Waals surface area contributed by atoms with Gasteiger partial charge in [-0.25, -0.2) is 18.2 Å². The first-order valence-corrected chi connectivity index (χ1v) is 8.13.